The second kappa shape index (κ2) is 7.61. The summed E-state index contributed by atoms with van der Waals surface area (Å²) in [4.78, 5) is 27.0. The lowest BCUT2D eigenvalue weighted by atomic mass is 9.99. The van der Waals surface area contributed by atoms with Crippen molar-refractivity contribution in [1.29, 1.82) is 0 Å². The van der Waals surface area contributed by atoms with Gasteiger partial charge >= 0.3 is 12.0 Å². The smallest absolute Gasteiger partial charge is 0.317 e. The zero-order valence-electron chi connectivity index (χ0n) is 12.6. The second-order valence-corrected chi connectivity index (χ2v) is 5.70. The fourth-order valence-electron chi connectivity index (χ4n) is 2.87. The zero-order chi connectivity index (χ0) is 15.2. The number of ether oxygens (including phenoxy) is 1. The molecule has 2 saturated heterocycles. The van der Waals surface area contributed by atoms with Crippen molar-refractivity contribution in [2.45, 2.75) is 25.9 Å². The predicted molar refractivity (Wildman–Crippen MR) is 77.2 cm³/mol. The Morgan fingerprint density at radius 2 is 2.14 bits per heavy atom. The summed E-state index contributed by atoms with van der Waals surface area (Å²) in [6, 6.07) is -0.182. The van der Waals surface area contributed by atoms with Crippen molar-refractivity contribution in [2.75, 3.05) is 45.9 Å². The van der Waals surface area contributed by atoms with Crippen LogP contribution < -0.4 is 5.32 Å². The molecule has 0 aromatic rings. The molecule has 120 valence electrons. The Hall–Kier alpha value is -1.34. The van der Waals surface area contributed by atoms with Crippen LogP contribution in [0.2, 0.25) is 0 Å². The van der Waals surface area contributed by atoms with Gasteiger partial charge in [-0.1, -0.05) is 6.92 Å². The summed E-state index contributed by atoms with van der Waals surface area (Å²) in [5.74, 6) is -1.26. The van der Waals surface area contributed by atoms with Gasteiger partial charge in [-0.05, 0) is 19.4 Å². The monoisotopic (exact) mass is 299 g/mol. The summed E-state index contributed by atoms with van der Waals surface area (Å²) in [6.45, 7) is 6.96. The number of urea groups is 1. The molecule has 2 atom stereocenters. The molecule has 7 nitrogen and oxygen atoms in total. The van der Waals surface area contributed by atoms with Gasteiger partial charge in [-0.25, -0.2) is 4.79 Å². The van der Waals surface area contributed by atoms with E-state index < -0.39 is 11.9 Å². The lowest BCUT2D eigenvalue weighted by Gasteiger charge is -2.34. The van der Waals surface area contributed by atoms with Gasteiger partial charge in [-0.15, -0.1) is 0 Å². The minimum absolute atomic E-state index is 0.0164. The standard InChI is InChI=1S/C14H25N3O4/c1-2-16-6-7-21-12(10-16)8-15-14(20)17-5-3-4-11(9-17)13(18)19/h11-12H,2-10H2,1H3,(H,15,20)(H,18,19). The van der Waals surface area contributed by atoms with E-state index >= 15 is 0 Å². The maximum absolute atomic E-state index is 12.1. The number of aliphatic carboxylic acids is 1. The average molecular weight is 299 g/mol. The van der Waals surface area contributed by atoms with Gasteiger partial charge < -0.3 is 20.1 Å². The summed E-state index contributed by atoms with van der Waals surface area (Å²) >= 11 is 0. The number of nitrogens with zero attached hydrogens (tertiary/aromatic N) is 2. The Balaban J connectivity index is 1.75. The molecule has 2 aliphatic rings. The number of carboxylic acid groups (broad SMARTS) is 1. The first kappa shape index (κ1) is 16.0. The van der Waals surface area contributed by atoms with Crippen molar-refractivity contribution in [1.82, 2.24) is 15.1 Å². The summed E-state index contributed by atoms with van der Waals surface area (Å²) in [6.07, 6.45) is 1.41. The van der Waals surface area contributed by atoms with E-state index in [1.807, 2.05) is 0 Å². The van der Waals surface area contributed by atoms with Gasteiger partial charge in [0, 0.05) is 32.7 Å². The summed E-state index contributed by atoms with van der Waals surface area (Å²) < 4.78 is 5.64. The fourth-order valence-corrected chi connectivity index (χ4v) is 2.87. The highest BCUT2D eigenvalue weighted by molar-refractivity contribution is 5.76. The SMILES string of the molecule is CCN1CCOC(CNC(=O)N2CCCC(C(=O)O)C2)C1. The van der Waals surface area contributed by atoms with Crippen LogP contribution in [0, 0.1) is 5.92 Å². The number of nitrogens with one attached hydrogen (secondary N) is 1. The van der Waals surface area contributed by atoms with Crippen molar-refractivity contribution >= 4 is 12.0 Å². The lowest BCUT2D eigenvalue weighted by Crippen LogP contribution is -2.51. The number of hydrogen-bond acceptors (Lipinski definition) is 4. The quantitative estimate of drug-likeness (QED) is 0.775. The highest BCUT2D eigenvalue weighted by Gasteiger charge is 2.28. The highest BCUT2D eigenvalue weighted by atomic mass is 16.5. The minimum atomic E-state index is -0.818. The van der Waals surface area contributed by atoms with E-state index in [0.29, 0.717) is 32.7 Å². The third-order valence-electron chi connectivity index (χ3n) is 4.21. The highest BCUT2D eigenvalue weighted by Crippen LogP contribution is 2.16. The number of morpholine rings is 1. The van der Waals surface area contributed by atoms with Crippen molar-refractivity contribution < 1.29 is 19.4 Å². The molecule has 2 rings (SSSR count). The number of likely N-dealkylation sites (N-methyl/N-ethyl adjacent to an activating group) is 1. The molecule has 0 radical (unpaired) electrons. The molecule has 2 heterocycles. The van der Waals surface area contributed by atoms with Crippen LogP contribution in [0.1, 0.15) is 19.8 Å². The summed E-state index contributed by atoms with van der Waals surface area (Å²) in [5.41, 5.74) is 0. The predicted octanol–water partition coefficient (Wildman–Crippen LogP) is 0.213. The van der Waals surface area contributed by atoms with Crippen LogP contribution in [-0.4, -0.2) is 78.9 Å². The number of carboxylic acids is 1. The van der Waals surface area contributed by atoms with Crippen LogP contribution in [-0.2, 0) is 9.53 Å². The number of carbonyl (C=O) groups is 2. The van der Waals surface area contributed by atoms with Gasteiger partial charge in [0.25, 0.3) is 0 Å². The first-order chi connectivity index (χ1) is 10.1. The van der Waals surface area contributed by atoms with Crippen LogP contribution in [0.25, 0.3) is 0 Å². The van der Waals surface area contributed by atoms with E-state index in [1.165, 1.54) is 0 Å². The molecule has 0 spiro atoms. The van der Waals surface area contributed by atoms with Crippen molar-refractivity contribution in [2.24, 2.45) is 5.92 Å². The molecule has 2 N–H and O–H groups in total. The number of amides is 2. The number of rotatable bonds is 4. The van der Waals surface area contributed by atoms with Gasteiger partial charge in [0.15, 0.2) is 0 Å². The van der Waals surface area contributed by atoms with Crippen molar-refractivity contribution in [3.05, 3.63) is 0 Å². The van der Waals surface area contributed by atoms with Crippen molar-refractivity contribution in [3.8, 4) is 0 Å². The molecule has 0 aromatic carbocycles. The first-order valence-electron chi connectivity index (χ1n) is 7.69. The Bertz CT molecular complexity index is 377. The molecular formula is C14H25N3O4. The van der Waals surface area contributed by atoms with Crippen molar-refractivity contribution in [3.63, 3.8) is 0 Å². The molecular weight excluding hydrogens is 274 g/mol. The van der Waals surface area contributed by atoms with Gasteiger partial charge in [-0.2, -0.15) is 0 Å². The number of piperidine rings is 1. The summed E-state index contributed by atoms with van der Waals surface area (Å²) in [7, 11) is 0. The number of hydrogen-bond donors (Lipinski definition) is 2. The van der Waals surface area contributed by atoms with Crippen LogP contribution in [0.15, 0.2) is 0 Å². The van der Waals surface area contributed by atoms with E-state index in [0.717, 1.165) is 26.1 Å². The normalized spacial score (nSPS) is 27.4. The molecule has 7 heteroatoms. The fraction of sp³-hybridized carbons (Fsp3) is 0.857. The van der Waals surface area contributed by atoms with Gasteiger partial charge in [0.2, 0.25) is 0 Å². The zero-order valence-corrected chi connectivity index (χ0v) is 12.6. The lowest BCUT2D eigenvalue weighted by molar-refractivity contribution is -0.143. The summed E-state index contributed by atoms with van der Waals surface area (Å²) in [5, 5.41) is 11.9. The average Bonchev–Trinajstić information content (AvgIpc) is 2.53. The van der Waals surface area contributed by atoms with Crippen LogP contribution in [0.3, 0.4) is 0 Å². The van der Waals surface area contributed by atoms with Crippen LogP contribution >= 0.6 is 0 Å². The molecule has 0 saturated carbocycles. The van der Waals surface area contributed by atoms with E-state index in [-0.39, 0.29) is 12.1 Å². The van der Waals surface area contributed by atoms with Gasteiger partial charge in [0.1, 0.15) is 0 Å². The maximum atomic E-state index is 12.1. The molecule has 2 fully saturated rings. The molecule has 2 unspecified atom stereocenters. The molecule has 0 bridgehead atoms. The van der Waals surface area contributed by atoms with E-state index in [9.17, 15) is 9.59 Å². The van der Waals surface area contributed by atoms with Gasteiger partial charge in [0.05, 0.1) is 18.6 Å². The Kier molecular flexibility index (Phi) is 5.81. The van der Waals surface area contributed by atoms with E-state index in [4.69, 9.17) is 9.84 Å². The Labute approximate surface area is 125 Å². The largest absolute Gasteiger partial charge is 0.481 e. The third-order valence-corrected chi connectivity index (χ3v) is 4.21. The van der Waals surface area contributed by atoms with Crippen LogP contribution in [0.4, 0.5) is 4.79 Å². The molecule has 2 aliphatic heterocycles. The van der Waals surface area contributed by atoms with Gasteiger partial charge in [-0.3, -0.25) is 9.69 Å². The van der Waals surface area contributed by atoms with Crippen LogP contribution in [0.5, 0.6) is 0 Å². The topological polar surface area (TPSA) is 82.1 Å². The molecule has 0 aliphatic carbocycles. The Morgan fingerprint density at radius 1 is 1.33 bits per heavy atom. The number of likely N-dealkylation sites (tertiary alicyclic amines) is 1. The first-order valence-corrected chi connectivity index (χ1v) is 7.69. The van der Waals surface area contributed by atoms with E-state index in [2.05, 4.69) is 17.1 Å². The Morgan fingerprint density at radius 3 is 2.86 bits per heavy atom. The molecule has 2 amide bonds. The maximum Gasteiger partial charge on any atom is 0.317 e. The minimum Gasteiger partial charge on any atom is -0.481 e. The van der Waals surface area contributed by atoms with E-state index in [1.54, 1.807) is 4.90 Å². The third kappa shape index (κ3) is 4.57. The molecule has 0 aromatic heterocycles. The number of carbonyl (C=O) groups excluding carboxylic acids is 1. The molecule has 21 heavy (non-hydrogen) atoms. The second-order valence-electron chi connectivity index (χ2n) is 5.70.